The number of anilines is 1. The molecule has 1 atom stereocenters. The van der Waals surface area contributed by atoms with Crippen LogP contribution in [0.4, 0.5) is 18.9 Å². The van der Waals surface area contributed by atoms with Gasteiger partial charge in [0.2, 0.25) is 21.8 Å². The van der Waals surface area contributed by atoms with Crippen LogP contribution in [0.1, 0.15) is 12.5 Å². The molecule has 0 saturated heterocycles. The molecule has 31 heavy (non-hydrogen) atoms. The molecule has 11 heteroatoms. The van der Waals surface area contributed by atoms with Crippen LogP contribution in [0.25, 0.3) is 0 Å². The molecule has 2 rings (SSSR count). The first-order chi connectivity index (χ1) is 14.4. The summed E-state index contributed by atoms with van der Waals surface area (Å²) in [5.74, 6) is -4.21. The summed E-state index contributed by atoms with van der Waals surface area (Å²) in [6, 6.07) is 6.67. The Morgan fingerprint density at radius 2 is 1.65 bits per heavy atom. The van der Waals surface area contributed by atoms with Crippen molar-refractivity contribution in [2.45, 2.75) is 19.5 Å². The monoisotopic (exact) mass is 457 g/mol. The van der Waals surface area contributed by atoms with Crippen LogP contribution >= 0.6 is 0 Å². The highest BCUT2D eigenvalue weighted by Crippen LogP contribution is 2.21. The third-order valence-electron chi connectivity index (χ3n) is 4.55. The Labute approximate surface area is 178 Å². The fourth-order valence-corrected chi connectivity index (χ4v) is 3.67. The van der Waals surface area contributed by atoms with E-state index in [9.17, 15) is 31.2 Å². The summed E-state index contributed by atoms with van der Waals surface area (Å²) < 4.78 is 65.3. The Hall–Kier alpha value is -3.08. The van der Waals surface area contributed by atoms with Crippen LogP contribution in [0.3, 0.4) is 0 Å². The van der Waals surface area contributed by atoms with Crippen molar-refractivity contribution in [2.24, 2.45) is 0 Å². The van der Waals surface area contributed by atoms with E-state index >= 15 is 0 Å². The van der Waals surface area contributed by atoms with E-state index in [0.29, 0.717) is 15.9 Å². The van der Waals surface area contributed by atoms with Crippen LogP contribution < -0.4 is 9.62 Å². The van der Waals surface area contributed by atoms with Crippen LogP contribution in [-0.4, -0.2) is 51.0 Å². The van der Waals surface area contributed by atoms with E-state index < -0.39 is 51.9 Å². The number of carbonyl (C=O) groups excluding carboxylic acids is 2. The lowest BCUT2D eigenvalue weighted by atomic mass is 10.1. The molecule has 0 unspecified atom stereocenters. The number of rotatable bonds is 8. The van der Waals surface area contributed by atoms with Crippen molar-refractivity contribution < 1.29 is 31.2 Å². The van der Waals surface area contributed by atoms with Crippen LogP contribution in [0.2, 0.25) is 0 Å². The fourth-order valence-electron chi connectivity index (χ4n) is 2.83. The lowest BCUT2D eigenvalue weighted by molar-refractivity contribution is -0.139. The molecule has 2 aromatic rings. The van der Waals surface area contributed by atoms with Crippen molar-refractivity contribution in [3.63, 3.8) is 0 Å². The largest absolute Gasteiger partial charge is 0.357 e. The van der Waals surface area contributed by atoms with E-state index in [2.05, 4.69) is 5.32 Å². The predicted molar refractivity (Wildman–Crippen MR) is 109 cm³/mol. The van der Waals surface area contributed by atoms with E-state index in [1.54, 1.807) is 0 Å². The van der Waals surface area contributed by atoms with Crippen molar-refractivity contribution in [1.29, 1.82) is 0 Å². The second kappa shape index (κ2) is 9.82. The fraction of sp³-hybridized carbons (Fsp3) is 0.300. The molecule has 0 spiro atoms. The molecule has 0 aliphatic carbocycles. The normalized spacial score (nSPS) is 12.2. The van der Waals surface area contributed by atoms with Crippen molar-refractivity contribution in [2.75, 3.05) is 24.2 Å². The number of hydrogen-bond donors (Lipinski definition) is 1. The highest BCUT2D eigenvalue weighted by Gasteiger charge is 2.30. The molecule has 0 aliphatic heterocycles. The number of benzene rings is 2. The van der Waals surface area contributed by atoms with Crippen LogP contribution in [0.5, 0.6) is 0 Å². The second-order valence-corrected chi connectivity index (χ2v) is 8.71. The number of carbonyl (C=O) groups is 2. The van der Waals surface area contributed by atoms with E-state index in [-0.39, 0.29) is 12.2 Å². The van der Waals surface area contributed by atoms with E-state index in [4.69, 9.17) is 0 Å². The Bertz CT molecular complexity index is 1060. The molecular formula is C20H22F3N3O4S. The Kier molecular flexibility index (Phi) is 7.66. The van der Waals surface area contributed by atoms with Crippen molar-refractivity contribution in [3.05, 3.63) is 65.5 Å². The van der Waals surface area contributed by atoms with Crippen LogP contribution in [-0.2, 0) is 26.2 Å². The summed E-state index contributed by atoms with van der Waals surface area (Å²) in [6.45, 7) is 0.581. The van der Waals surface area contributed by atoms with Crippen LogP contribution in [0, 0.1) is 17.5 Å². The molecule has 0 heterocycles. The summed E-state index contributed by atoms with van der Waals surface area (Å²) in [4.78, 5) is 26.3. The molecule has 0 bridgehead atoms. The third-order valence-corrected chi connectivity index (χ3v) is 5.69. The smallest absolute Gasteiger partial charge is 0.244 e. The van der Waals surface area contributed by atoms with Gasteiger partial charge in [0.15, 0.2) is 11.6 Å². The lowest BCUT2D eigenvalue weighted by Gasteiger charge is -2.31. The number of likely N-dealkylation sites (N-methyl/N-ethyl adjacent to an activating group) is 1. The van der Waals surface area contributed by atoms with Crippen LogP contribution in [0.15, 0.2) is 42.5 Å². The quantitative estimate of drug-likeness (QED) is 0.657. The van der Waals surface area contributed by atoms with Gasteiger partial charge in [-0.1, -0.05) is 12.1 Å². The summed E-state index contributed by atoms with van der Waals surface area (Å²) in [6.07, 6.45) is 0.814. The van der Waals surface area contributed by atoms with Gasteiger partial charge in [-0.2, -0.15) is 0 Å². The topological polar surface area (TPSA) is 86.8 Å². The molecule has 0 aromatic heterocycles. The molecule has 0 fully saturated rings. The zero-order valence-electron chi connectivity index (χ0n) is 17.1. The molecule has 2 aromatic carbocycles. The average Bonchev–Trinajstić information content (AvgIpc) is 2.71. The molecule has 2 amide bonds. The van der Waals surface area contributed by atoms with Crippen molar-refractivity contribution in [3.8, 4) is 0 Å². The summed E-state index contributed by atoms with van der Waals surface area (Å²) >= 11 is 0. The van der Waals surface area contributed by atoms with Gasteiger partial charge in [-0.05, 0) is 36.8 Å². The van der Waals surface area contributed by atoms with Gasteiger partial charge in [0, 0.05) is 19.7 Å². The zero-order chi connectivity index (χ0) is 23.3. The highest BCUT2D eigenvalue weighted by molar-refractivity contribution is 7.92. The zero-order valence-corrected chi connectivity index (χ0v) is 17.9. The molecule has 1 N–H and O–H groups in total. The number of amides is 2. The van der Waals surface area contributed by atoms with Gasteiger partial charge in [-0.15, -0.1) is 0 Å². The Morgan fingerprint density at radius 3 is 2.16 bits per heavy atom. The van der Waals surface area contributed by atoms with Gasteiger partial charge in [-0.3, -0.25) is 13.9 Å². The van der Waals surface area contributed by atoms with E-state index in [0.717, 1.165) is 23.3 Å². The molecule has 168 valence electrons. The SMILES string of the molecule is CNC(=O)[C@@H](C)N(Cc1ccc(F)cc1)C(=O)CN(c1ccc(F)c(F)c1)S(C)(=O)=O. The first-order valence-corrected chi connectivity index (χ1v) is 11.0. The van der Waals surface area contributed by atoms with Gasteiger partial charge >= 0.3 is 0 Å². The number of halogens is 3. The van der Waals surface area contributed by atoms with Gasteiger partial charge in [-0.25, -0.2) is 21.6 Å². The van der Waals surface area contributed by atoms with Crippen molar-refractivity contribution >= 4 is 27.5 Å². The standard InChI is InChI=1S/C20H22F3N3O4S/c1-13(20(28)24-2)25(11-14-4-6-15(21)7-5-14)19(27)12-26(31(3,29)30)16-8-9-17(22)18(23)10-16/h4-10,13H,11-12H2,1-3H3,(H,24,28)/t13-/m1/s1. The van der Waals surface area contributed by atoms with Gasteiger partial charge in [0.25, 0.3) is 0 Å². The number of sulfonamides is 1. The molecule has 0 aliphatic rings. The lowest BCUT2D eigenvalue weighted by Crippen LogP contribution is -2.50. The summed E-state index contributed by atoms with van der Waals surface area (Å²) in [5.41, 5.74) is 0.258. The maximum Gasteiger partial charge on any atom is 0.244 e. The van der Waals surface area contributed by atoms with Gasteiger partial charge < -0.3 is 10.2 Å². The minimum absolute atomic E-state index is 0.108. The number of nitrogens with zero attached hydrogens (tertiary/aromatic N) is 2. The minimum Gasteiger partial charge on any atom is -0.357 e. The second-order valence-electron chi connectivity index (χ2n) is 6.81. The third kappa shape index (κ3) is 6.20. The molecular weight excluding hydrogens is 435 g/mol. The summed E-state index contributed by atoms with van der Waals surface area (Å²) in [7, 11) is -2.68. The molecule has 0 saturated carbocycles. The maximum absolute atomic E-state index is 13.6. The minimum atomic E-state index is -4.06. The first kappa shape index (κ1) is 24.2. The van der Waals surface area contributed by atoms with Crippen molar-refractivity contribution in [1.82, 2.24) is 10.2 Å². The average molecular weight is 457 g/mol. The number of nitrogens with one attached hydrogen (secondary N) is 1. The predicted octanol–water partition coefficient (Wildman–Crippen LogP) is 2.03. The number of hydrogen-bond acceptors (Lipinski definition) is 4. The highest BCUT2D eigenvalue weighted by atomic mass is 32.2. The molecule has 0 radical (unpaired) electrons. The molecule has 7 nitrogen and oxygen atoms in total. The summed E-state index contributed by atoms with van der Waals surface area (Å²) in [5, 5.41) is 2.41. The van der Waals surface area contributed by atoms with Gasteiger partial charge in [0.05, 0.1) is 11.9 Å². The van der Waals surface area contributed by atoms with E-state index in [1.807, 2.05) is 0 Å². The Balaban J connectivity index is 2.39. The van der Waals surface area contributed by atoms with Gasteiger partial charge in [0.1, 0.15) is 18.4 Å². The Morgan fingerprint density at radius 1 is 1.03 bits per heavy atom. The first-order valence-electron chi connectivity index (χ1n) is 9.12. The maximum atomic E-state index is 13.6. The van der Waals surface area contributed by atoms with E-state index in [1.165, 1.54) is 38.2 Å².